The van der Waals surface area contributed by atoms with E-state index in [0.29, 0.717) is 36.6 Å². The van der Waals surface area contributed by atoms with Crippen molar-refractivity contribution in [2.75, 3.05) is 20.7 Å². The van der Waals surface area contributed by atoms with Crippen LogP contribution in [0.2, 0.25) is 0 Å². The van der Waals surface area contributed by atoms with Crippen LogP contribution < -0.4 is 10.2 Å². The molecule has 5 aromatic rings. The molecule has 0 bridgehead atoms. The van der Waals surface area contributed by atoms with Gasteiger partial charge in [-0.3, -0.25) is 24.2 Å². The lowest BCUT2D eigenvalue weighted by Gasteiger charge is -2.28. The average Bonchev–Trinajstić information content (AvgIpc) is 3.38. The number of rotatable bonds is 8. The van der Waals surface area contributed by atoms with Crippen molar-refractivity contribution in [3.05, 3.63) is 100 Å². The zero-order valence-corrected chi connectivity index (χ0v) is 24.1. The van der Waals surface area contributed by atoms with Crippen molar-refractivity contribution in [3.8, 4) is 22.8 Å². The van der Waals surface area contributed by atoms with Crippen molar-refractivity contribution in [1.82, 2.24) is 14.4 Å². The maximum Gasteiger partial charge on any atom is 0.333 e. The van der Waals surface area contributed by atoms with Gasteiger partial charge < -0.3 is 18.8 Å². The lowest BCUT2D eigenvalue weighted by atomic mass is 10.1. The Balaban J connectivity index is 1.15. The van der Waals surface area contributed by atoms with Gasteiger partial charge in [-0.1, -0.05) is 48.5 Å². The second-order valence-corrected chi connectivity index (χ2v) is 10.6. The number of aromatic nitrogens is 1. The van der Waals surface area contributed by atoms with Crippen LogP contribution >= 0.6 is 0 Å². The molecule has 44 heavy (non-hydrogen) atoms. The summed E-state index contributed by atoms with van der Waals surface area (Å²) >= 11 is 0. The normalized spacial score (nSPS) is 13.8. The zero-order chi connectivity index (χ0) is 31.0. The maximum atomic E-state index is 12.7. The molecule has 222 valence electrons. The van der Waals surface area contributed by atoms with Crippen LogP contribution in [0.4, 0.5) is 4.79 Å². The third kappa shape index (κ3) is 5.22. The van der Waals surface area contributed by atoms with Crippen LogP contribution in [0.15, 0.2) is 93.8 Å². The van der Waals surface area contributed by atoms with Gasteiger partial charge in [-0.05, 0) is 25.0 Å². The number of hydrogen-bond donors (Lipinski definition) is 1. The van der Waals surface area contributed by atoms with Gasteiger partial charge in [0.25, 0.3) is 11.8 Å². The van der Waals surface area contributed by atoms with Gasteiger partial charge in [-0.2, -0.15) is 0 Å². The number of benzene rings is 3. The first kappa shape index (κ1) is 28.5. The van der Waals surface area contributed by atoms with Gasteiger partial charge in [0, 0.05) is 67.1 Å². The number of hydrogen-bond acceptors (Lipinski definition) is 7. The summed E-state index contributed by atoms with van der Waals surface area (Å²) in [5.41, 5.74) is 2.22. The number of unbranched alkanes of at least 4 members (excludes halogenated alkanes) is 1. The van der Waals surface area contributed by atoms with E-state index < -0.39 is 17.8 Å². The number of urea groups is 1. The van der Waals surface area contributed by atoms with Crippen molar-refractivity contribution in [3.63, 3.8) is 0 Å². The maximum absolute atomic E-state index is 12.7. The van der Waals surface area contributed by atoms with E-state index in [9.17, 15) is 24.3 Å². The lowest BCUT2D eigenvalue weighted by molar-refractivity contribution is -0.134. The molecule has 0 saturated carbocycles. The van der Waals surface area contributed by atoms with Crippen LogP contribution in [0.25, 0.3) is 39.3 Å². The molecule has 1 aliphatic heterocycles. The number of fused-ring (bicyclic) bond motifs is 2. The van der Waals surface area contributed by atoms with Crippen molar-refractivity contribution in [1.29, 1.82) is 0 Å². The summed E-state index contributed by atoms with van der Waals surface area (Å²) in [5.74, 6) is -0.690. The van der Waals surface area contributed by atoms with Crippen molar-refractivity contribution in [2.45, 2.75) is 19.4 Å². The average molecular weight is 592 g/mol. The van der Waals surface area contributed by atoms with Crippen LogP contribution in [-0.4, -0.2) is 58.0 Å². The molecule has 0 atom stereocenters. The standard InChI is InChI=1S/C34H29N3O7/c1-35-32(40)25(33(41)36(2)34(35)42)16-22-20-37(26-13-7-6-12-24(22)26)14-8-9-15-43-23-17-27(38)31-28(39)19-29(44-30(31)18-23)21-10-4-3-5-11-21/h3-7,10-13,16-20,38H,8-9,14-15H2,1-2H3. The molecular formula is C34H29N3O7. The van der Waals surface area contributed by atoms with Gasteiger partial charge in [0.05, 0.1) is 6.61 Å². The van der Waals surface area contributed by atoms with E-state index in [0.717, 1.165) is 32.7 Å². The molecule has 4 amide bonds. The highest BCUT2D eigenvalue weighted by Crippen LogP contribution is 2.31. The summed E-state index contributed by atoms with van der Waals surface area (Å²) in [4.78, 5) is 52.1. The number of amides is 4. The molecule has 0 spiro atoms. The Kier molecular flexibility index (Phi) is 7.48. The Morgan fingerprint density at radius 3 is 2.32 bits per heavy atom. The van der Waals surface area contributed by atoms with Crippen molar-refractivity contribution >= 4 is 45.8 Å². The molecule has 1 fully saturated rings. The van der Waals surface area contributed by atoms with Crippen LogP contribution in [-0.2, 0) is 16.1 Å². The SMILES string of the molecule is CN1C(=O)C(=Cc2cn(CCCCOc3cc(O)c4c(=O)cc(-c5ccccc5)oc4c3)c3ccccc23)C(=O)N(C)C1=O. The fraction of sp³-hybridized carbons (Fsp3) is 0.176. The molecule has 10 nitrogen and oxygen atoms in total. The number of imide groups is 2. The third-order valence-corrected chi connectivity index (χ3v) is 7.67. The van der Waals surface area contributed by atoms with Crippen molar-refractivity contribution in [2.24, 2.45) is 0 Å². The van der Waals surface area contributed by atoms with E-state index >= 15 is 0 Å². The fourth-order valence-corrected chi connectivity index (χ4v) is 5.35. The molecule has 1 saturated heterocycles. The van der Waals surface area contributed by atoms with Crippen LogP contribution in [0.1, 0.15) is 18.4 Å². The van der Waals surface area contributed by atoms with E-state index in [1.54, 1.807) is 12.1 Å². The van der Waals surface area contributed by atoms with E-state index in [-0.39, 0.29) is 27.7 Å². The first-order valence-corrected chi connectivity index (χ1v) is 14.1. The number of aryl methyl sites for hydroxylation is 1. The smallest absolute Gasteiger partial charge is 0.333 e. The monoisotopic (exact) mass is 591 g/mol. The minimum atomic E-state index is -0.665. The molecule has 6 rings (SSSR count). The number of phenols is 1. The number of ether oxygens (including phenoxy) is 1. The summed E-state index contributed by atoms with van der Waals surface area (Å²) in [5, 5.41) is 11.5. The third-order valence-electron chi connectivity index (χ3n) is 7.67. The summed E-state index contributed by atoms with van der Waals surface area (Å²) in [6, 6.07) is 20.7. The van der Waals surface area contributed by atoms with Gasteiger partial charge >= 0.3 is 6.03 Å². The lowest BCUT2D eigenvalue weighted by Crippen LogP contribution is -2.52. The Bertz CT molecular complexity index is 2000. The Hall–Kier alpha value is -5.64. The van der Waals surface area contributed by atoms with Gasteiger partial charge in [-0.15, -0.1) is 0 Å². The van der Waals surface area contributed by atoms with Gasteiger partial charge in [0.15, 0.2) is 5.43 Å². The zero-order valence-electron chi connectivity index (χ0n) is 24.1. The Morgan fingerprint density at radius 1 is 0.864 bits per heavy atom. The highest BCUT2D eigenvalue weighted by Gasteiger charge is 2.38. The number of barbiturate groups is 1. The molecule has 3 aromatic carbocycles. The summed E-state index contributed by atoms with van der Waals surface area (Å²) in [6.45, 7) is 1.00. The quantitative estimate of drug-likeness (QED) is 0.145. The van der Waals surface area contributed by atoms with E-state index in [1.807, 2.05) is 60.8 Å². The first-order chi connectivity index (χ1) is 21.2. The summed E-state index contributed by atoms with van der Waals surface area (Å²) < 4.78 is 13.9. The Morgan fingerprint density at radius 2 is 1.57 bits per heavy atom. The number of phenolic OH excluding ortho intramolecular Hbond substituents is 1. The largest absolute Gasteiger partial charge is 0.507 e. The van der Waals surface area contributed by atoms with E-state index in [4.69, 9.17) is 9.15 Å². The molecular weight excluding hydrogens is 562 g/mol. The number of likely N-dealkylation sites (N-methyl/N-ethyl adjacent to an activating group) is 2. The molecule has 0 aliphatic carbocycles. The minimum absolute atomic E-state index is 0.0729. The predicted molar refractivity (Wildman–Crippen MR) is 165 cm³/mol. The number of carbonyl (C=O) groups excluding carboxylic acids is 3. The number of nitrogens with zero attached hydrogens (tertiary/aromatic N) is 3. The van der Waals surface area contributed by atoms with Gasteiger partial charge in [-0.25, -0.2) is 4.79 Å². The molecule has 10 heteroatoms. The highest BCUT2D eigenvalue weighted by molar-refractivity contribution is 6.31. The van der Waals surface area contributed by atoms with Crippen LogP contribution in [0.5, 0.6) is 11.5 Å². The minimum Gasteiger partial charge on any atom is -0.507 e. The van der Waals surface area contributed by atoms with Crippen LogP contribution in [0.3, 0.4) is 0 Å². The van der Waals surface area contributed by atoms with Gasteiger partial charge in [0.2, 0.25) is 0 Å². The van der Waals surface area contributed by atoms with Crippen LogP contribution in [0, 0.1) is 0 Å². The number of aromatic hydroxyl groups is 1. The summed E-state index contributed by atoms with van der Waals surface area (Å²) in [6.07, 6.45) is 4.87. The highest BCUT2D eigenvalue weighted by atomic mass is 16.5. The first-order valence-electron chi connectivity index (χ1n) is 14.1. The number of para-hydroxylation sites is 1. The Labute approximate surface area is 252 Å². The second-order valence-electron chi connectivity index (χ2n) is 10.6. The van der Waals surface area contributed by atoms with E-state index in [1.165, 1.54) is 26.2 Å². The fourth-order valence-electron chi connectivity index (χ4n) is 5.35. The molecule has 0 unspecified atom stereocenters. The topological polar surface area (TPSA) is 122 Å². The predicted octanol–water partition coefficient (Wildman–Crippen LogP) is 5.41. The second kappa shape index (κ2) is 11.6. The molecule has 2 aromatic heterocycles. The molecule has 1 N–H and O–H groups in total. The van der Waals surface area contributed by atoms with E-state index in [2.05, 4.69) is 4.57 Å². The molecule has 0 radical (unpaired) electrons. The molecule has 3 heterocycles. The van der Waals surface area contributed by atoms with Crippen molar-refractivity contribution < 1.29 is 28.6 Å². The number of carbonyl (C=O) groups is 3. The summed E-state index contributed by atoms with van der Waals surface area (Å²) in [7, 11) is 2.70. The molecule has 1 aliphatic rings. The van der Waals surface area contributed by atoms with Gasteiger partial charge in [0.1, 0.15) is 33.8 Å².